The normalized spacial score (nSPS) is 12.7. The van der Waals surface area contributed by atoms with Gasteiger partial charge < -0.3 is 14.8 Å². The maximum atomic E-state index is 12.8. The highest BCUT2D eigenvalue weighted by atomic mass is 35.5. The minimum absolute atomic E-state index is 0.0776. The highest BCUT2D eigenvalue weighted by Gasteiger charge is 2.22. The number of anilines is 2. The van der Waals surface area contributed by atoms with Crippen LogP contribution in [-0.2, 0) is 10.0 Å². The Morgan fingerprint density at radius 3 is 2.34 bits per heavy atom. The minimum atomic E-state index is -3.75. The lowest BCUT2D eigenvalue weighted by Crippen LogP contribution is -2.13. The topological polar surface area (TPSA) is 93.7 Å². The van der Waals surface area contributed by atoms with Gasteiger partial charge in [-0.25, -0.2) is 8.42 Å². The maximum Gasteiger partial charge on any atom is 0.267 e. The lowest BCUT2D eigenvalue weighted by molar-refractivity contribution is 0.103. The van der Waals surface area contributed by atoms with E-state index in [-0.39, 0.29) is 11.7 Å². The Morgan fingerprint density at radius 1 is 0.938 bits per heavy atom. The molecule has 7 nitrogen and oxygen atoms in total. The van der Waals surface area contributed by atoms with Gasteiger partial charge >= 0.3 is 0 Å². The molecule has 0 aliphatic carbocycles. The lowest BCUT2D eigenvalue weighted by atomic mass is 10.2. The molecule has 0 saturated carbocycles. The van der Waals surface area contributed by atoms with Crippen molar-refractivity contribution in [3.8, 4) is 11.5 Å². The number of ether oxygens (including phenoxy) is 2. The summed E-state index contributed by atoms with van der Waals surface area (Å²) >= 11 is 7.69. The number of fused-ring (bicyclic) bond motifs is 2. The molecule has 0 unspecified atom stereocenters. The Labute approximate surface area is 192 Å². The van der Waals surface area contributed by atoms with Gasteiger partial charge in [0.2, 0.25) is 6.79 Å². The molecule has 1 amide bonds. The summed E-state index contributed by atoms with van der Waals surface area (Å²) in [5, 5.41) is 3.79. The van der Waals surface area contributed by atoms with Gasteiger partial charge in [0.15, 0.2) is 11.5 Å². The fourth-order valence-corrected chi connectivity index (χ4v) is 5.70. The predicted octanol–water partition coefficient (Wildman–Crippen LogP) is 5.34. The summed E-state index contributed by atoms with van der Waals surface area (Å²) in [5.41, 5.74) is 0.905. The van der Waals surface area contributed by atoms with Crippen LogP contribution in [0.25, 0.3) is 10.1 Å². The van der Waals surface area contributed by atoms with Crippen LogP contribution in [-0.4, -0.2) is 21.1 Å². The SMILES string of the molecule is O=C(Nc1ccc(S(=O)(=O)Nc2ccccc2)cc1)c1sc2cc3c(cc2c1Cl)OCO3. The highest BCUT2D eigenvalue weighted by molar-refractivity contribution is 7.92. The third-order valence-electron chi connectivity index (χ3n) is 4.78. The van der Waals surface area contributed by atoms with Crippen LogP contribution in [0.2, 0.25) is 5.02 Å². The minimum Gasteiger partial charge on any atom is -0.454 e. The van der Waals surface area contributed by atoms with Crippen molar-refractivity contribution in [2.75, 3.05) is 16.8 Å². The van der Waals surface area contributed by atoms with Crippen LogP contribution < -0.4 is 19.5 Å². The summed E-state index contributed by atoms with van der Waals surface area (Å²) in [6.07, 6.45) is 0. The van der Waals surface area contributed by atoms with E-state index in [0.717, 1.165) is 4.70 Å². The van der Waals surface area contributed by atoms with Crippen LogP contribution in [0.5, 0.6) is 11.5 Å². The zero-order valence-electron chi connectivity index (χ0n) is 16.3. The van der Waals surface area contributed by atoms with Gasteiger partial charge in [0.25, 0.3) is 15.9 Å². The van der Waals surface area contributed by atoms with E-state index in [9.17, 15) is 13.2 Å². The summed E-state index contributed by atoms with van der Waals surface area (Å²) in [6, 6.07) is 18.0. The quantitative estimate of drug-likeness (QED) is 0.397. The molecule has 0 saturated heterocycles. The van der Waals surface area contributed by atoms with Crippen LogP contribution in [0.1, 0.15) is 9.67 Å². The number of carbonyl (C=O) groups excluding carboxylic acids is 1. The van der Waals surface area contributed by atoms with Gasteiger partial charge in [-0.05, 0) is 42.5 Å². The van der Waals surface area contributed by atoms with Crippen LogP contribution in [0.3, 0.4) is 0 Å². The van der Waals surface area contributed by atoms with Crippen molar-refractivity contribution in [1.29, 1.82) is 0 Å². The van der Waals surface area contributed by atoms with Crippen molar-refractivity contribution in [2.45, 2.75) is 4.90 Å². The smallest absolute Gasteiger partial charge is 0.267 e. The molecular formula is C22H15ClN2O5S2. The van der Waals surface area contributed by atoms with Gasteiger partial charge in [0.05, 0.1) is 9.92 Å². The van der Waals surface area contributed by atoms with Crippen molar-refractivity contribution in [1.82, 2.24) is 0 Å². The summed E-state index contributed by atoms with van der Waals surface area (Å²) in [5.74, 6) is 0.810. The highest BCUT2D eigenvalue weighted by Crippen LogP contribution is 2.43. The zero-order valence-corrected chi connectivity index (χ0v) is 18.7. The summed E-state index contributed by atoms with van der Waals surface area (Å²) in [6.45, 7) is 0.157. The van der Waals surface area contributed by atoms with E-state index in [1.54, 1.807) is 42.5 Å². The van der Waals surface area contributed by atoms with Gasteiger partial charge in [0, 0.05) is 27.5 Å². The number of nitrogens with one attached hydrogen (secondary N) is 2. The largest absolute Gasteiger partial charge is 0.454 e. The van der Waals surface area contributed by atoms with Crippen molar-refractivity contribution in [3.63, 3.8) is 0 Å². The third kappa shape index (κ3) is 3.86. The molecular weight excluding hydrogens is 472 g/mol. The first-order valence-electron chi connectivity index (χ1n) is 9.42. The molecule has 5 rings (SSSR count). The van der Waals surface area contributed by atoms with E-state index in [2.05, 4.69) is 10.0 Å². The van der Waals surface area contributed by atoms with Crippen LogP contribution in [0, 0.1) is 0 Å². The Bertz CT molecular complexity index is 1430. The molecule has 0 bridgehead atoms. The van der Waals surface area contributed by atoms with Gasteiger partial charge in [-0.15, -0.1) is 11.3 Å². The Morgan fingerprint density at radius 2 is 1.62 bits per heavy atom. The number of para-hydroxylation sites is 1. The Kier molecular flexibility index (Phi) is 5.16. The second-order valence-corrected chi connectivity index (χ2v) is 10.0. The van der Waals surface area contributed by atoms with E-state index >= 15 is 0 Å². The van der Waals surface area contributed by atoms with E-state index in [1.807, 2.05) is 0 Å². The van der Waals surface area contributed by atoms with Gasteiger partial charge in [-0.1, -0.05) is 29.8 Å². The molecule has 1 aliphatic rings. The third-order valence-corrected chi connectivity index (χ3v) is 7.83. The second-order valence-electron chi connectivity index (χ2n) is 6.90. The average molecular weight is 487 g/mol. The monoisotopic (exact) mass is 486 g/mol. The zero-order chi connectivity index (χ0) is 22.3. The first-order chi connectivity index (χ1) is 15.4. The van der Waals surface area contributed by atoms with E-state index in [4.69, 9.17) is 21.1 Å². The molecule has 2 N–H and O–H groups in total. The number of amides is 1. The summed E-state index contributed by atoms with van der Waals surface area (Å²) < 4.78 is 39.2. The molecule has 1 aliphatic heterocycles. The van der Waals surface area contributed by atoms with E-state index in [1.165, 1.54) is 35.6 Å². The molecule has 32 heavy (non-hydrogen) atoms. The molecule has 162 valence electrons. The first-order valence-corrected chi connectivity index (χ1v) is 12.1. The van der Waals surface area contributed by atoms with E-state index < -0.39 is 15.9 Å². The number of thiophene rings is 1. The van der Waals surface area contributed by atoms with Crippen molar-refractivity contribution >= 4 is 60.3 Å². The van der Waals surface area contributed by atoms with Gasteiger partial charge in [0.1, 0.15) is 4.88 Å². The number of carbonyl (C=O) groups is 1. The molecule has 1 aromatic heterocycles. The van der Waals surface area contributed by atoms with Crippen molar-refractivity contribution < 1.29 is 22.7 Å². The second kappa shape index (κ2) is 8.01. The molecule has 0 radical (unpaired) electrons. The first kappa shape index (κ1) is 20.6. The van der Waals surface area contributed by atoms with Crippen LogP contribution >= 0.6 is 22.9 Å². The number of benzene rings is 3. The molecule has 10 heteroatoms. The van der Waals surface area contributed by atoms with Crippen LogP contribution in [0.15, 0.2) is 71.6 Å². The standard InChI is InChI=1S/C22H15ClN2O5S2/c23-20-16-10-17-18(30-12-29-17)11-19(16)31-21(20)22(26)24-13-6-8-15(9-7-13)32(27,28)25-14-4-2-1-3-5-14/h1-11,25H,12H2,(H,24,26). The summed E-state index contributed by atoms with van der Waals surface area (Å²) in [4.78, 5) is 13.2. The maximum absolute atomic E-state index is 12.8. The van der Waals surface area contributed by atoms with Crippen LogP contribution in [0.4, 0.5) is 11.4 Å². The van der Waals surface area contributed by atoms with E-state index in [0.29, 0.717) is 38.2 Å². The molecule has 0 spiro atoms. The summed E-state index contributed by atoms with van der Waals surface area (Å²) in [7, 11) is -3.75. The fourth-order valence-electron chi connectivity index (χ4n) is 3.23. The van der Waals surface area contributed by atoms with Gasteiger partial charge in [-0.2, -0.15) is 0 Å². The van der Waals surface area contributed by atoms with Crippen molar-refractivity contribution in [3.05, 3.63) is 76.6 Å². The number of halogens is 1. The lowest BCUT2D eigenvalue weighted by Gasteiger charge is -2.09. The molecule has 3 aromatic carbocycles. The number of hydrogen-bond acceptors (Lipinski definition) is 6. The average Bonchev–Trinajstić information content (AvgIpc) is 3.37. The fraction of sp³-hybridized carbons (Fsp3) is 0.0455. The van der Waals surface area contributed by atoms with Crippen molar-refractivity contribution in [2.24, 2.45) is 0 Å². The Hall–Kier alpha value is -3.27. The van der Waals surface area contributed by atoms with Gasteiger partial charge in [-0.3, -0.25) is 9.52 Å². The number of rotatable bonds is 5. The molecule has 4 aromatic rings. The predicted molar refractivity (Wildman–Crippen MR) is 125 cm³/mol. The number of hydrogen-bond donors (Lipinski definition) is 2. The Balaban J connectivity index is 1.34. The number of sulfonamides is 1. The molecule has 0 fully saturated rings. The molecule has 2 heterocycles. The molecule has 0 atom stereocenters.